The van der Waals surface area contributed by atoms with Gasteiger partial charge in [-0.1, -0.05) is 48.5 Å². The molecule has 0 saturated heterocycles. The summed E-state index contributed by atoms with van der Waals surface area (Å²) in [5.74, 6) is -6.54. The standard InChI is InChI=1S/2C12H8N2.C2H2O4.2C2H4O2.2Cu/c2*1-3-9-5-6-10-4-2-8-14-12(10)11(9)13-7-1;3-1(4)2(5)6;2*1-2(3)4;;/h2*1-8H;(H,3,4)(H,5,6);2*1H3,(H,3,4);;/q;;;;;2*+2/p-4. The van der Waals surface area contributed by atoms with Crippen molar-refractivity contribution in [3.05, 3.63) is 97.6 Å². The van der Waals surface area contributed by atoms with E-state index in [9.17, 15) is 0 Å². The minimum atomic E-state index is -2.19. The van der Waals surface area contributed by atoms with Crippen LogP contribution >= 0.6 is 0 Å². The van der Waals surface area contributed by atoms with Crippen LogP contribution in [-0.4, -0.2) is 43.8 Å². The van der Waals surface area contributed by atoms with Crippen LogP contribution in [-0.2, 0) is 53.3 Å². The first-order chi connectivity index (χ1) is 20.0. The number of carbonyl (C=O) groups is 4. The number of aliphatic carboxylic acids is 4. The van der Waals surface area contributed by atoms with Crippen molar-refractivity contribution in [3.8, 4) is 0 Å². The summed E-state index contributed by atoms with van der Waals surface area (Å²) >= 11 is 0. The number of hydrogen-bond acceptors (Lipinski definition) is 12. The number of carbonyl (C=O) groups excluding carboxylic acids is 4. The maximum absolute atomic E-state index is 8.93. The molecule has 4 aromatic heterocycles. The van der Waals surface area contributed by atoms with Crippen LogP contribution in [0.5, 0.6) is 0 Å². The van der Waals surface area contributed by atoms with Crippen LogP contribution in [0, 0.1) is 0 Å². The molecule has 0 amide bonds. The molecule has 44 heavy (non-hydrogen) atoms. The first-order valence-electron chi connectivity index (χ1n) is 12.0. The van der Waals surface area contributed by atoms with E-state index in [1.165, 1.54) is 0 Å². The molecule has 0 saturated carbocycles. The molecule has 12 nitrogen and oxygen atoms in total. The summed E-state index contributed by atoms with van der Waals surface area (Å²) in [5, 5.41) is 40.2. The average molecular weight is 694 g/mol. The molecule has 0 fully saturated rings. The molecular formula is C30H22Cu2N4O8. The van der Waals surface area contributed by atoms with Gasteiger partial charge in [0.15, 0.2) is 0 Å². The van der Waals surface area contributed by atoms with Gasteiger partial charge in [0.2, 0.25) is 0 Å². The number of carboxylic acids is 4. The number of rotatable bonds is 0. The summed E-state index contributed by atoms with van der Waals surface area (Å²) < 4.78 is 0. The van der Waals surface area contributed by atoms with E-state index in [-0.39, 0.29) is 34.1 Å². The molecule has 0 unspecified atom stereocenters. The predicted octanol–water partition coefficient (Wildman–Crippen LogP) is -0.440. The van der Waals surface area contributed by atoms with Crippen molar-refractivity contribution in [2.75, 3.05) is 0 Å². The van der Waals surface area contributed by atoms with Gasteiger partial charge in [-0.3, -0.25) is 19.9 Å². The minimum absolute atomic E-state index is 0. The minimum Gasteiger partial charge on any atom is -0.550 e. The second-order valence-corrected chi connectivity index (χ2v) is 7.99. The van der Waals surface area contributed by atoms with Crippen LogP contribution in [0.2, 0.25) is 0 Å². The molecule has 0 atom stereocenters. The van der Waals surface area contributed by atoms with Crippen LogP contribution in [0.4, 0.5) is 0 Å². The van der Waals surface area contributed by atoms with Crippen LogP contribution in [0.1, 0.15) is 13.8 Å². The maximum Gasteiger partial charge on any atom is 2.00 e. The van der Waals surface area contributed by atoms with E-state index in [4.69, 9.17) is 39.6 Å². The molecule has 2 aromatic carbocycles. The van der Waals surface area contributed by atoms with Crippen LogP contribution in [0.25, 0.3) is 43.6 Å². The van der Waals surface area contributed by atoms with Crippen molar-refractivity contribution in [1.82, 2.24) is 19.9 Å². The average Bonchev–Trinajstić information content (AvgIpc) is 2.97. The molecule has 0 aliphatic heterocycles. The molecule has 4 heterocycles. The molecule has 232 valence electrons. The second kappa shape index (κ2) is 20.0. The van der Waals surface area contributed by atoms with E-state index in [1.54, 1.807) is 24.8 Å². The monoisotopic (exact) mass is 692 g/mol. The third-order valence-electron chi connectivity index (χ3n) is 4.86. The van der Waals surface area contributed by atoms with Crippen LogP contribution in [0.15, 0.2) is 97.6 Å². The molecular weight excluding hydrogens is 671 g/mol. The normalized spacial score (nSPS) is 9.05. The van der Waals surface area contributed by atoms with Gasteiger partial charge in [-0.2, -0.15) is 0 Å². The number of nitrogens with zero attached hydrogens (tertiary/aromatic N) is 4. The predicted molar refractivity (Wildman–Crippen MR) is 145 cm³/mol. The Balaban J connectivity index is 0.000000580. The first kappa shape index (κ1) is 39.0. The largest absolute Gasteiger partial charge is 2.00 e. The van der Waals surface area contributed by atoms with E-state index in [2.05, 4.69) is 68.5 Å². The second-order valence-electron chi connectivity index (χ2n) is 7.99. The van der Waals surface area contributed by atoms with Crippen molar-refractivity contribution in [2.24, 2.45) is 0 Å². The van der Waals surface area contributed by atoms with Crippen molar-refractivity contribution >= 4 is 67.5 Å². The Bertz CT molecular complexity index is 1600. The van der Waals surface area contributed by atoms with Crippen LogP contribution in [0.3, 0.4) is 0 Å². The molecule has 0 aliphatic carbocycles. The number of fused-ring (bicyclic) bond motifs is 6. The Morgan fingerprint density at radius 1 is 0.432 bits per heavy atom. The summed E-state index contributed by atoms with van der Waals surface area (Å²) in [6.45, 7) is 1.94. The van der Waals surface area contributed by atoms with Gasteiger partial charge >= 0.3 is 34.1 Å². The van der Waals surface area contributed by atoms with Gasteiger partial charge in [0.1, 0.15) is 0 Å². The Morgan fingerprint density at radius 2 is 0.614 bits per heavy atom. The fourth-order valence-electron chi connectivity index (χ4n) is 3.36. The molecule has 0 spiro atoms. The number of benzene rings is 2. The van der Waals surface area contributed by atoms with Gasteiger partial charge in [-0.15, -0.1) is 0 Å². The fraction of sp³-hybridized carbons (Fsp3) is 0.0667. The Hall–Kier alpha value is -5.00. The zero-order valence-corrected chi connectivity index (χ0v) is 24.8. The number of aromatic nitrogens is 4. The van der Waals surface area contributed by atoms with E-state index < -0.39 is 23.9 Å². The zero-order chi connectivity index (χ0) is 31.1. The summed E-state index contributed by atoms with van der Waals surface area (Å²) in [4.78, 5) is 53.0. The van der Waals surface area contributed by atoms with Gasteiger partial charge in [0.25, 0.3) is 0 Å². The summed E-state index contributed by atoms with van der Waals surface area (Å²) in [5.41, 5.74) is 3.91. The number of pyridine rings is 4. The zero-order valence-electron chi connectivity index (χ0n) is 22.9. The number of hydrogen-bond donors (Lipinski definition) is 0. The number of carboxylic acid groups (broad SMARTS) is 4. The summed E-state index contributed by atoms with van der Waals surface area (Å²) in [6, 6.07) is 24.3. The Kier molecular flexibility index (Phi) is 17.7. The van der Waals surface area contributed by atoms with Crippen molar-refractivity contribution < 1.29 is 73.7 Å². The SMILES string of the molecule is CC(=O)[O-].CC(=O)[O-].O=C([O-])C(=O)[O-].[Cu+2].[Cu+2].c1cnc2c(c1)ccc1cccnc12.c1cnc2c(c1)ccc1cccnc12. The Morgan fingerprint density at radius 3 is 0.773 bits per heavy atom. The van der Waals surface area contributed by atoms with Gasteiger partial charge in [-0.25, -0.2) is 0 Å². The topological polar surface area (TPSA) is 212 Å². The van der Waals surface area contributed by atoms with Crippen LogP contribution < -0.4 is 20.4 Å². The van der Waals surface area contributed by atoms with E-state index in [0.717, 1.165) is 57.5 Å². The maximum atomic E-state index is 8.93. The van der Waals surface area contributed by atoms with E-state index >= 15 is 0 Å². The van der Waals surface area contributed by atoms with Gasteiger partial charge in [-0.05, 0) is 38.1 Å². The fourth-order valence-corrected chi connectivity index (χ4v) is 3.36. The molecule has 14 heteroatoms. The molecule has 2 radical (unpaired) electrons. The van der Waals surface area contributed by atoms with Gasteiger partial charge in [0.05, 0.1) is 34.0 Å². The molecule has 6 rings (SSSR count). The summed E-state index contributed by atoms with van der Waals surface area (Å²) in [7, 11) is 0. The molecule has 0 bridgehead atoms. The molecule has 0 aliphatic rings. The first-order valence-corrected chi connectivity index (χ1v) is 12.0. The smallest absolute Gasteiger partial charge is 0.550 e. The quantitative estimate of drug-likeness (QED) is 0.113. The van der Waals surface area contributed by atoms with Gasteiger partial charge < -0.3 is 39.6 Å². The van der Waals surface area contributed by atoms with E-state index in [0.29, 0.717) is 0 Å². The third-order valence-corrected chi connectivity index (χ3v) is 4.86. The van der Waals surface area contributed by atoms with Crippen molar-refractivity contribution in [1.29, 1.82) is 0 Å². The van der Waals surface area contributed by atoms with Gasteiger partial charge in [0, 0.05) is 58.3 Å². The van der Waals surface area contributed by atoms with Crippen molar-refractivity contribution in [3.63, 3.8) is 0 Å². The third kappa shape index (κ3) is 12.9. The molecule has 6 aromatic rings. The van der Waals surface area contributed by atoms with Crippen molar-refractivity contribution in [2.45, 2.75) is 13.8 Å². The van der Waals surface area contributed by atoms with E-state index in [1.807, 2.05) is 24.3 Å². The Labute approximate surface area is 271 Å². The molecule has 0 N–H and O–H groups in total. The summed E-state index contributed by atoms with van der Waals surface area (Å²) in [6.07, 6.45) is 7.21.